The van der Waals surface area contributed by atoms with Crippen molar-refractivity contribution >= 4 is 23.0 Å². The molecule has 0 saturated carbocycles. The van der Waals surface area contributed by atoms with Crippen LogP contribution in [0.5, 0.6) is 5.75 Å². The smallest absolute Gasteiger partial charge is 0.255 e. The van der Waals surface area contributed by atoms with E-state index >= 15 is 0 Å². The summed E-state index contributed by atoms with van der Waals surface area (Å²) in [5.74, 6) is 6.84. The largest absolute Gasteiger partial charge is 0.495 e. The Kier molecular flexibility index (Phi) is 8.57. The van der Waals surface area contributed by atoms with Gasteiger partial charge in [0.25, 0.3) is 5.91 Å². The molecule has 1 fully saturated rings. The van der Waals surface area contributed by atoms with E-state index in [1.807, 2.05) is 37.3 Å². The van der Waals surface area contributed by atoms with Crippen molar-refractivity contribution in [3.8, 4) is 5.75 Å². The maximum absolute atomic E-state index is 13.5. The van der Waals surface area contributed by atoms with Gasteiger partial charge in [0.2, 0.25) is 0 Å². The number of aryl methyl sites for hydroxylation is 1. The van der Waals surface area contributed by atoms with Crippen LogP contribution in [0.4, 0.5) is 11.4 Å². The maximum atomic E-state index is 13.5. The number of carbonyl (C=O) groups excluding carboxylic acids is 1. The molecule has 0 radical (unpaired) electrons. The lowest BCUT2D eigenvalue weighted by Crippen LogP contribution is -2.26. The number of methoxy groups -OCH3 is 1. The van der Waals surface area contributed by atoms with Gasteiger partial charge in [-0.25, -0.2) is 5.84 Å². The first-order valence-electron chi connectivity index (χ1n) is 13.3. The third kappa shape index (κ3) is 7.16. The van der Waals surface area contributed by atoms with E-state index in [2.05, 4.69) is 42.0 Å². The van der Waals surface area contributed by atoms with Crippen LogP contribution in [0.1, 0.15) is 66.2 Å². The predicted octanol–water partition coefficient (Wildman–Crippen LogP) is 5.18. The Morgan fingerprint density at radius 1 is 1.10 bits per heavy atom. The normalized spacial score (nSPS) is 14.4. The first-order chi connectivity index (χ1) is 18.5. The van der Waals surface area contributed by atoms with Crippen molar-refractivity contribution in [3.63, 3.8) is 0 Å². The number of hydrogen-bond acceptors (Lipinski definition) is 7. The van der Waals surface area contributed by atoms with Gasteiger partial charge in [0.05, 0.1) is 24.7 Å². The summed E-state index contributed by atoms with van der Waals surface area (Å²) in [4.78, 5) is 20.1. The van der Waals surface area contributed by atoms with E-state index in [-0.39, 0.29) is 11.3 Å². The highest BCUT2D eigenvalue weighted by molar-refractivity contribution is 6.04. The monoisotopic (exact) mass is 528 g/mol. The van der Waals surface area contributed by atoms with Gasteiger partial charge in [-0.15, -0.1) is 0 Å². The fourth-order valence-electron chi connectivity index (χ4n) is 4.70. The van der Waals surface area contributed by atoms with Crippen LogP contribution in [-0.2, 0) is 12.0 Å². The third-order valence-electron chi connectivity index (χ3n) is 7.03. The molecule has 1 saturated heterocycles. The molecule has 2 heterocycles. The summed E-state index contributed by atoms with van der Waals surface area (Å²) >= 11 is 0. The lowest BCUT2D eigenvalue weighted by Gasteiger charge is -2.23. The number of anilines is 2. The van der Waals surface area contributed by atoms with Gasteiger partial charge in [-0.05, 0) is 85.3 Å². The van der Waals surface area contributed by atoms with Gasteiger partial charge in [-0.3, -0.25) is 19.7 Å². The van der Waals surface area contributed by atoms with Crippen molar-refractivity contribution in [3.05, 3.63) is 88.9 Å². The topological polar surface area (TPSA) is 110 Å². The minimum absolute atomic E-state index is 0.0717. The van der Waals surface area contributed by atoms with Gasteiger partial charge in [0.15, 0.2) is 0 Å². The number of nitrogens with two attached hydrogens (primary N) is 2. The van der Waals surface area contributed by atoms with Crippen molar-refractivity contribution in [2.24, 2.45) is 11.6 Å². The van der Waals surface area contributed by atoms with Crippen molar-refractivity contribution in [2.75, 3.05) is 30.5 Å². The number of aromatic nitrogens is 1. The standard InChI is InChI=1S/C31H40N6O2/c1-21-8-9-26(16-29(21)37(33)20-28(32)24-15-27(39-5)18-34-17-24)35-30(38)23-12-22(19-36-10-6-7-11-36)13-25(14-23)31(2,3)4/h8-9,12-18,20H,6-7,10-11,19,32-33H2,1-5H3,(H,35,38)/b28-20-. The first-order valence-corrected chi connectivity index (χ1v) is 13.3. The first kappa shape index (κ1) is 28.1. The second-order valence-electron chi connectivity index (χ2n) is 11.2. The molecule has 1 amide bonds. The summed E-state index contributed by atoms with van der Waals surface area (Å²) in [6.07, 6.45) is 7.35. The zero-order chi connectivity index (χ0) is 28.2. The average Bonchev–Trinajstić information content (AvgIpc) is 3.42. The van der Waals surface area contributed by atoms with Gasteiger partial charge >= 0.3 is 0 Å². The zero-order valence-corrected chi connectivity index (χ0v) is 23.6. The number of amides is 1. The molecule has 1 aliphatic heterocycles. The SMILES string of the molecule is COc1cncc(/C(N)=C/N(N)c2cc(NC(=O)c3cc(CN4CCCC4)cc(C(C)(C)C)c3)ccc2C)c1. The molecule has 4 rings (SSSR count). The minimum Gasteiger partial charge on any atom is -0.495 e. The average molecular weight is 529 g/mol. The molecule has 2 aromatic carbocycles. The predicted molar refractivity (Wildman–Crippen MR) is 158 cm³/mol. The van der Waals surface area contributed by atoms with Gasteiger partial charge in [-0.1, -0.05) is 32.9 Å². The Labute approximate surface area is 231 Å². The molecule has 8 nitrogen and oxygen atoms in total. The molecule has 3 aromatic rings. The Bertz CT molecular complexity index is 1360. The number of benzene rings is 2. The van der Waals surface area contributed by atoms with Crippen LogP contribution in [0.15, 0.2) is 61.1 Å². The lowest BCUT2D eigenvalue weighted by molar-refractivity contribution is 0.102. The summed E-state index contributed by atoms with van der Waals surface area (Å²) in [6.45, 7) is 11.5. The number of nitrogens with zero attached hydrogens (tertiary/aromatic N) is 3. The fraction of sp³-hybridized carbons (Fsp3) is 0.355. The van der Waals surface area contributed by atoms with Crippen LogP contribution < -0.4 is 26.6 Å². The van der Waals surface area contributed by atoms with Crippen LogP contribution in [0.25, 0.3) is 5.70 Å². The Balaban J connectivity index is 1.56. The third-order valence-corrected chi connectivity index (χ3v) is 7.03. The summed E-state index contributed by atoms with van der Waals surface area (Å²) in [5, 5.41) is 4.52. The highest BCUT2D eigenvalue weighted by Crippen LogP contribution is 2.28. The van der Waals surface area contributed by atoms with Gasteiger partial charge in [-0.2, -0.15) is 0 Å². The van der Waals surface area contributed by atoms with Crippen molar-refractivity contribution in [1.82, 2.24) is 9.88 Å². The molecule has 8 heteroatoms. The summed E-state index contributed by atoms with van der Waals surface area (Å²) < 4.78 is 5.24. The molecular weight excluding hydrogens is 488 g/mol. The molecule has 0 spiro atoms. The van der Waals surface area contributed by atoms with Crippen molar-refractivity contribution in [2.45, 2.75) is 52.5 Å². The molecule has 0 bridgehead atoms. The van der Waals surface area contributed by atoms with E-state index in [4.69, 9.17) is 16.3 Å². The number of hydrazine groups is 1. The number of pyridine rings is 1. The number of carbonyl (C=O) groups is 1. The van der Waals surface area contributed by atoms with Crippen LogP contribution in [0.3, 0.4) is 0 Å². The molecule has 0 unspecified atom stereocenters. The second-order valence-corrected chi connectivity index (χ2v) is 11.2. The number of hydrogen-bond donors (Lipinski definition) is 3. The molecule has 0 atom stereocenters. The summed E-state index contributed by atoms with van der Waals surface area (Å²) in [5.41, 5.74) is 12.6. The number of rotatable bonds is 8. The number of likely N-dealkylation sites (tertiary alicyclic amines) is 1. The lowest BCUT2D eigenvalue weighted by atomic mass is 9.85. The van der Waals surface area contributed by atoms with E-state index in [1.165, 1.54) is 23.4 Å². The number of ether oxygens (including phenoxy) is 1. The summed E-state index contributed by atoms with van der Waals surface area (Å²) in [7, 11) is 1.58. The Hall–Kier alpha value is -3.88. The van der Waals surface area contributed by atoms with E-state index in [9.17, 15) is 4.79 Å². The van der Waals surface area contributed by atoms with E-state index in [0.717, 1.165) is 30.8 Å². The van der Waals surface area contributed by atoms with Gasteiger partial charge in [0.1, 0.15) is 5.75 Å². The zero-order valence-electron chi connectivity index (χ0n) is 23.6. The quantitative estimate of drug-likeness (QED) is 0.273. The Morgan fingerprint density at radius 3 is 2.54 bits per heavy atom. The minimum atomic E-state index is -0.153. The fourth-order valence-corrected chi connectivity index (χ4v) is 4.70. The molecular formula is C31H40N6O2. The van der Waals surface area contributed by atoms with Crippen LogP contribution >= 0.6 is 0 Å². The van der Waals surface area contributed by atoms with Gasteiger partial charge < -0.3 is 15.8 Å². The molecule has 206 valence electrons. The van der Waals surface area contributed by atoms with E-state index in [0.29, 0.717) is 33.9 Å². The molecule has 39 heavy (non-hydrogen) atoms. The second kappa shape index (κ2) is 11.9. The highest BCUT2D eigenvalue weighted by Gasteiger charge is 2.20. The van der Waals surface area contributed by atoms with Crippen molar-refractivity contribution in [1.29, 1.82) is 0 Å². The number of nitrogens with one attached hydrogen (secondary N) is 1. The van der Waals surface area contributed by atoms with Crippen LogP contribution in [0.2, 0.25) is 0 Å². The van der Waals surface area contributed by atoms with Gasteiger partial charge in [0, 0.05) is 35.8 Å². The van der Waals surface area contributed by atoms with E-state index < -0.39 is 0 Å². The maximum Gasteiger partial charge on any atom is 0.255 e. The molecule has 1 aromatic heterocycles. The molecule has 0 aliphatic carbocycles. The molecule has 1 aliphatic rings. The molecule has 5 N–H and O–H groups in total. The summed E-state index contributed by atoms with van der Waals surface area (Å²) in [6, 6.07) is 13.7. The highest BCUT2D eigenvalue weighted by atomic mass is 16.5. The van der Waals surface area contributed by atoms with Crippen LogP contribution in [0, 0.1) is 6.92 Å². The van der Waals surface area contributed by atoms with E-state index in [1.54, 1.807) is 31.8 Å². The Morgan fingerprint density at radius 2 is 1.85 bits per heavy atom. The van der Waals surface area contributed by atoms with Crippen LogP contribution in [-0.4, -0.2) is 36.0 Å². The van der Waals surface area contributed by atoms with Crippen molar-refractivity contribution < 1.29 is 9.53 Å².